The Labute approximate surface area is 147 Å². The first kappa shape index (κ1) is 17.9. The molecule has 6 heteroatoms. The lowest BCUT2D eigenvalue weighted by Gasteiger charge is -2.10. The molecule has 2 rings (SSSR count). The number of ether oxygens (including phenoxy) is 2. The van der Waals surface area contributed by atoms with Gasteiger partial charge in [-0.2, -0.15) is 0 Å². The van der Waals surface area contributed by atoms with Crippen LogP contribution in [0.3, 0.4) is 0 Å². The quantitative estimate of drug-likeness (QED) is 0.623. The fourth-order valence-corrected chi connectivity index (χ4v) is 2.22. The summed E-state index contributed by atoms with van der Waals surface area (Å²) < 4.78 is 10.4. The van der Waals surface area contributed by atoms with Crippen molar-refractivity contribution in [3.8, 4) is 5.75 Å². The Morgan fingerprint density at radius 3 is 2.54 bits per heavy atom. The van der Waals surface area contributed by atoms with E-state index in [-0.39, 0.29) is 11.0 Å². The highest BCUT2D eigenvalue weighted by Crippen LogP contribution is 2.12. The van der Waals surface area contributed by atoms with Crippen LogP contribution in [0, 0.1) is 6.92 Å². The normalized spacial score (nSPS) is 10.1. The summed E-state index contributed by atoms with van der Waals surface area (Å²) in [5.41, 5.74) is 2.45. The van der Waals surface area contributed by atoms with E-state index in [2.05, 4.69) is 10.6 Å². The lowest BCUT2D eigenvalue weighted by atomic mass is 10.2. The Morgan fingerprint density at radius 2 is 1.88 bits per heavy atom. The average molecular weight is 344 g/mol. The average Bonchev–Trinajstić information content (AvgIpc) is 2.55. The van der Waals surface area contributed by atoms with Crippen molar-refractivity contribution in [3.05, 3.63) is 59.7 Å². The molecule has 0 bridgehead atoms. The molecule has 0 heterocycles. The minimum absolute atomic E-state index is 0.256. The Morgan fingerprint density at radius 1 is 1.12 bits per heavy atom. The Hall–Kier alpha value is -2.44. The van der Waals surface area contributed by atoms with Gasteiger partial charge in [0, 0.05) is 18.4 Å². The summed E-state index contributed by atoms with van der Waals surface area (Å²) in [6.45, 7) is 2.97. The van der Waals surface area contributed by atoms with Crippen LogP contribution in [0.1, 0.15) is 15.9 Å². The SMILES string of the molecule is COCCOc1ccc(C(=O)NC(=S)Nc2cccc(C)c2)cc1. The maximum Gasteiger partial charge on any atom is 0.257 e. The van der Waals surface area contributed by atoms with E-state index in [9.17, 15) is 4.79 Å². The molecule has 0 radical (unpaired) electrons. The molecule has 0 spiro atoms. The van der Waals surface area contributed by atoms with Crippen LogP contribution in [0.15, 0.2) is 48.5 Å². The van der Waals surface area contributed by atoms with E-state index in [0.717, 1.165) is 11.3 Å². The molecule has 2 N–H and O–H groups in total. The van der Waals surface area contributed by atoms with Crippen molar-refractivity contribution in [2.24, 2.45) is 0 Å². The number of aryl methyl sites for hydroxylation is 1. The number of hydrogen-bond acceptors (Lipinski definition) is 4. The van der Waals surface area contributed by atoms with E-state index < -0.39 is 0 Å². The van der Waals surface area contributed by atoms with Gasteiger partial charge in [0.15, 0.2) is 5.11 Å². The van der Waals surface area contributed by atoms with Gasteiger partial charge in [-0.25, -0.2) is 0 Å². The van der Waals surface area contributed by atoms with Crippen molar-refractivity contribution in [2.45, 2.75) is 6.92 Å². The predicted molar refractivity (Wildman–Crippen MR) is 98.7 cm³/mol. The molecule has 0 aliphatic carbocycles. The van der Waals surface area contributed by atoms with Crippen molar-refractivity contribution < 1.29 is 14.3 Å². The molecule has 0 aliphatic heterocycles. The molecule has 0 aromatic heterocycles. The first-order valence-corrected chi connectivity index (χ1v) is 7.90. The third kappa shape index (κ3) is 5.64. The van der Waals surface area contributed by atoms with Crippen molar-refractivity contribution in [3.63, 3.8) is 0 Å². The summed E-state index contributed by atoms with van der Waals surface area (Å²) in [7, 11) is 1.62. The van der Waals surface area contributed by atoms with Gasteiger partial charge in [0.2, 0.25) is 0 Å². The first-order valence-electron chi connectivity index (χ1n) is 7.49. The number of benzene rings is 2. The van der Waals surface area contributed by atoms with E-state index in [1.165, 1.54) is 0 Å². The van der Waals surface area contributed by atoms with Crippen LogP contribution < -0.4 is 15.4 Å². The number of hydrogen-bond donors (Lipinski definition) is 2. The van der Waals surface area contributed by atoms with Crippen molar-refractivity contribution in [1.82, 2.24) is 5.32 Å². The minimum atomic E-state index is -0.274. The van der Waals surface area contributed by atoms with E-state index in [1.54, 1.807) is 31.4 Å². The lowest BCUT2D eigenvalue weighted by Crippen LogP contribution is -2.34. The molecule has 126 valence electrons. The van der Waals surface area contributed by atoms with Gasteiger partial charge in [0.05, 0.1) is 6.61 Å². The van der Waals surface area contributed by atoms with Crippen LogP contribution in [0.25, 0.3) is 0 Å². The summed E-state index contributed by atoms with van der Waals surface area (Å²) in [6, 6.07) is 14.6. The number of carbonyl (C=O) groups excluding carboxylic acids is 1. The van der Waals surface area contributed by atoms with Gasteiger partial charge < -0.3 is 14.8 Å². The standard InChI is InChI=1S/C18H20N2O3S/c1-13-4-3-5-15(12-13)19-18(24)20-17(21)14-6-8-16(9-7-14)23-11-10-22-2/h3-9,12H,10-11H2,1-2H3,(H2,19,20,21,24). The number of amides is 1. The monoisotopic (exact) mass is 344 g/mol. The summed E-state index contributed by atoms with van der Waals surface area (Å²) in [4.78, 5) is 12.2. The highest BCUT2D eigenvalue weighted by Gasteiger charge is 2.08. The van der Waals surface area contributed by atoms with E-state index in [4.69, 9.17) is 21.7 Å². The molecular formula is C18H20N2O3S. The van der Waals surface area contributed by atoms with Crippen molar-refractivity contribution >= 4 is 28.9 Å². The van der Waals surface area contributed by atoms with Crippen molar-refractivity contribution in [1.29, 1.82) is 0 Å². The van der Waals surface area contributed by atoms with Gasteiger partial charge in [-0.15, -0.1) is 0 Å². The van der Waals surface area contributed by atoms with Gasteiger partial charge in [0.25, 0.3) is 5.91 Å². The second kappa shape index (κ2) is 9.00. The lowest BCUT2D eigenvalue weighted by molar-refractivity contribution is 0.0977. The molecule has 0 fully saturated rings. The number of anilines is 1. The Kier molecular flexibility index (Phi) is 6.72. The largest absolute Gasteiger partial charge is 0.491 e. The van der Waals surface area contributed by atoms with E-state index in [0.29, 0.717) is 24.5 Å². The minimum Gasteiger partial charge on any atom is -0.491 e. The summed E-state index contributed by atoms with van der Waals surface area (Å²) in [6.07, 6.45) is 0. The maximum absolute atomic E-state index is 12.2. The number of carbonyl (C=O) groups is 1. The van der Waals surface area contributed by atoms with Gasteiger partial charge in [0.1, 0.15) is 12.4 Å². The molecular weight excluding hydrogens is 324 g/mol. The summed E-state index contributed by atoms with van der Waals surface area (Å²) in [5, 5.41) is 5.90. The zero-order chi connectivity index (χ0) is 17.4. The summed E-state index contributed by atoms with van der Waals surface area (Å²) in [5.74, 6) is 0.410. The van der Waals surface area contributed by atoms with Crippen LogP contribution in [0.5, 0.6) is 5.75 Å². The zero-order valence-electron chi connectivity index (χ0n) is 13.7. The van der Waals surface area contributed by atoms with Crippen LogP contribution in [-0.2, 0) is 4.74 Å². The number of thiocarbonyl (C=S) groups is 1. The molecule has 0 unspecified atom stereocenters. The van der Waals surface area contributed by atoms with Crippen LogP contribution in [0.4, 0.5) is 5.69 Å². The maximum atomic E-state index is 12.2. The fraction of sp³-hybridized carbons (Fsp3) is 0.222. The smallest absolute Gasteiger partial charge is 0.257 e. The van der Waals surface area contributed by atoms with Gasteiger partial charge >= 0.3 is 0 Å². The van der Waals surface area contributed by atoms with Crippen LogP contribution >= 0.6 is 12.2 Å². The molecule has 0 aliphatic rings. The van der Waals surface area contributed by atoms with Gasteiger partial charge in [-0.1, -0.05) is 12.1 Å². The third-order valence-electron chi connectivity index (χ3n) is 3.18. The zero-order valence-corrected chi connectivity index (χ0v) is 14.5. The van der Waals surface area contributed by atoms with Gasteiger partial charge in [-0.05, 0) is 61.1 Å². The molecule has 1 amide bonds. The summed E-state index contributed by atoms with van der Waals surface area (Å²) >= 11 is 5.17. The van der Waals surface area contributed by atoms with E-state index in [1.807, 2.05) is 31.2 Å². The fourth-order valence-electron chi connectivity index (χ4n) is 2.01. The highest BCUT2D eigenvalue weighted by molar-refractivity contribution is 7.80. The Bertz CT molecular complexity index is 702. The number of nitrogens with one attached hydrogen (secondary N) is 2. The number of methoxy groups -OCH3 is 1. The molecule has 2 aromatic carbocycles. The third-order valence-corrected chi connectivity index (χ3v) is 3.38. The predicted octanol–water partition coefficient (Wildman–Crippen LogP) is 3.15. The number of rotatable bonds is 6. The Balaban J connectivity index is 1.88. The first-order chi connectivity index (χ1) is 11.6. The highest BCUT2D eigenvalue weighted by atomic mass is 32.1. The van der Waals surface area contributed by atoms with Crippen LogP contribution in [0.2, 0.25) is 0 Å². The molecule has 0 saturated carbocycles. The molecule has 0 saturated heterocycles. The topological polar surface area (TPSA) is 59.6 Å². The van der Waals surface area contributed by atoms with E-state index >= 15 is 0 Å². The van der Waals surface area contributed by atoms with Crippen LogP contribution in [-0.4, -0.2) is 31.3 Å². The van der Waals surface area contributed by atoms with Crippen molar-refractivity contribution in [2.75, 3.05) is 25.6 Å². The molecule has 2 aromatic rings. The van der Waals surface area contributed by atoms with Gasteiger partial charge in [-0.3, -0.25) is 10.1 Å². The molecule has 5 nitrogen and oxygen atoms in total. The molecule has 24 heavy (non-hydrogen) atoms. The molecule has 0 atom stereocenters. The second-order valence-electron chi connectivity index (χ2n) is 5.14. The second-order valence-corrected chi connectivity index (χ2v) is 5.55.